The quantitative estimate of drug-likeness (QED) is 0.452. The highest BCUT2D eigenvalue weighted by Crippen LogP contribution is 2.23. The van der Waals surface area contributed by atoms with Crippen molar-refractivity contribution in [3.63, 3.8) is 0 Å². The van der Waals surface area contributed by atoms with Crippen LogP contribution < -0.4 is 0 Å². The molecule has 1 aromatic rings. The molecule has 1 rings (SSSR count). The maximum absolute atomic E-state index is 10.9. The van der Waals surface area contributed by atoms with Gasteiger partial charge in [-0.05, 0) is 13.0 Å². The molecule has 5 nitrogen and oxygen atoms in total. The molecule has 6 heteroatoms. The first kappa shape index (κ1) is 12.9. The molecular weight excluding hydrogens is 232 g/mol. The number of alkyl halides is 1. The molecule has 0 fully saturated rings. The molecular formula is C10H13ClN2O3. The van der Waals surface area contributed by atoms with Gasteiger partial charge in [0.05, 0.1) is 16.9 Å². The molecule has 1 heterocycles. The number of aryl methyl sites for hydroxylation is 1. The molecule has 0 aromatic carbocycles. The van der Waals surface area contributed by atoms with E-state index in [0.29, 0.717) is 24.3 Å². The van der Waals surface area contributed by atoms with Gasteiger partial charge in [0.25, 0.3) is 5.69 Å². The Hall–Kier alpha value is -1.20. The number of halogens is 1. The standard InChI is InChI=1S/C10H13ClN2O3/c1-7-3-4-12-9(10(7)13(14)15)5-8(11)6-16-2/h3-4,8H,5-6H2,1-2H3. The first-order valence-electron chi connectivity index (χ1n) is 4.78. The highest BCUT2D eigenvalue weighted by molar-refractivity contribution is 6.20. The molecule has 1 atom stereocenters. The van der Waals surface area contributed by atoms with Crippen molar-refractivity contribution in [1.29, 1.82) is 0 Å². The smallest absolute Gasteiger partial charge is 0.293 e. The summed E-state index contributed by atoms with van der Waals surface area (Å²) >= 11 is 5.96. The van der Waals surface area contributed by atoms with E-state index in [9.17, 15) is 10.1 Å². The largest absolute Gasteiger partial charge is 0.383 e. The fraction of sp³-hybridized carbons (Fsp3) is 0.500. The van der Waals surface area contributed by atoms with Gasteiger partial charge >= 0.3 is 0 Å². The second kappa shape index (κ2) is 5.77. The Morgan fingerprint density at radius 3 is 2.94 bits per heavy atom. The monoisotopic (exact) mass is 244 g/mol. The first-order chi connectivity index (χ1) is 7.56. The number of rotatable bonds is 5. The third-order valence-electron chi connectivity index (χ3n) is 2.15. The Balaban J connectivity index is 2.95. The van der Waals surface area contributed by atoms with Gasteiger partial charge in [-0.2, -0.15) is 0 Å². The van der Waals surface area contributed by atoms with Gasteiger partial charge in [0, 0.05) is 25.3 Å². The summed E-state index contributed by atoms with van der Waals surface area (Å²) in [5.41, 5.74) is 1.04. The van der Waals surface area contributed by atoms with Crippen LogP contribution in [0.4, 0.5) is 5.69 Å². The van der Waals surface area contributed by atoms with Crippen LogP contribution in [0.2, 0.25) is 0 Å². The summed E-state index contributed by atoms with van der Waals surface area (Å²) in [5, 5.41) is 10.6. The number of methoxy groups -OCH3 is 1. The Morgan fingerprint density at radius 2 is 2.38 bits per heavy atom. The van der Waals surface area contributed by atoms with Crippen molar-refractivity contribution in [3.8, 4) is 0 Å². The van der Waals surface area contributed by atoms with Crippen molar-refractivity contribution in [2.75, 3.05) is 13.7 Å². The molecule has 0 radical (unpaired) electrons. The summed E-state index contributed by atoms with van der Waals surface area (Å²) in [5.74, 6) is 0. The number of ether oxygens (including phenoxy) is 1. The molecule has 1 aromatic heterocycles. The molecule has 88 valence electrons. The van der Waals surface area contributed by atoms with E-state index < -0.39 is 4.92 Å². The van der Waals surface area contributed by atoms with Gasteiger partial charge in [0.15, 0.2) is 0 Å². The molecule has 0 saturated heterocycles. The van der Waals surface area contributed by atoms with Gasteiger partial charge < -0.3 is 4.74 Å². The second-order valence-corrected chi connectivity index (χ2v) is 4.05. The van der Waals surface area contributed by atoms with Crippen molar-refractivity contribution < 1.29 is 9.66 Å². The van der Waals surface area contributed by atoms with Crippen LogP contribution in [0.5, 0.6) is 0 Å². The van der Waals surface area contributed by atoms with E-state index in [2.05, 4.69) is 4.98 Å². The maximum Gasteiger partial charge on any atom is 0.293 e. The Bertz CT molecular complexity index is 384. The fourth-order valence-electron chi connectivity index (χ4n) is 1.46. The van der Waals surface area contributed by atoms with Gasteiger partial charge in [-0.3, -0.25) is 15.1 Å². The summed E-state index contributed by atoms with van der Waals surface area (Å²) < 4.78 is 4.88. The average Bonchev–Trinajstić information content (AvgIpc) is 2.17. The summed E-state index contributed by atoms with van der Waals surface area (Å²) in [7, 11) is 1.54. The van der Waals surface area contributed by atoms with E-state index in [1.54, 1.807) is 19.2 Å². The number of nitro groups is 1. The van der Waals surface area contributed by atoms with Gasteiger partial charge in [-0.15, -0.1) is 11.6 Å². The lowest BCUT2D eigenvalue weighted by atomic mass is 10.1. The summed E-state index contributed by atoms with van der Waals surface area (Å²) in [6, 6.07) is 1.61. The van der Waals surface area contributed by atoms with E-state index in [4.69, 9.17) is 16.3 Å². The Morgan fingerprint density at radius 1 is 1.69 bits per heavy atom. The zero-order valence-electron chi connectivity index (χ0n) is 9.14. The van der Waals surface area contributed by atoms with Gasteiger partial charge in [0.1, 0.15) is 5.69 Å². The van der Waals surface area contributed by atoms with Gasteiger partial charge in [-0.25, -0.2) is 0 Å². The van der Waals surface area contributed by atoms with Crippen molar-refractivity contribution >= 4 is 17.3 Å². The SMILES string of the molecule is COCC(Cl)Cc1nccc(C)c1[N+](=O)[O-]. The zero-order chi connectivity index (χ0) is 12.1. The van der Waals surface area contributed by atoms with E-state index in [1.807, 2.05) is 0 Å². The summed E-state index contributed by atoms with van der Waals surface area (Å²) in [6.45, 7) is 2.03. The predicted octanol–water partition coefficient (Wildman–Crippen LogP) is 2.09. The van der Waals surface area contributed by atoms with Crippen molar-refractivity contribution in [2.45, 2.75) is 18.7 Å². The zero-order valence-corrected chi connectivity index (χ0v) is 9.90. The molecule has 1 unspecified atom stereocenters. The highest BCUT2D eigenvalue weighted by Gasteiger charge is 2.20. The van der Waals surface area contributed by atoms with Crippen LogP contribution in [0.25, 0.3) is 0 Å². The number of hydrogen-bond donors (Lipinski definition) is 0. The second-order valence-electron chi connectivity index (χ2n) is 3.44. The van der Waals surface area contributed by atoms with Crippen LogP contribution in [-0.4, -0.2) is 29.0 Å². The molecule has 0 aliphatic rings. The lowest BCUT2D eigenvalue weighted by Crippen LogP contribution is -2.13. The third-order valence-corrected chi connectivity index (χ3v) is 2.43. The minimum Gasteiger partial charge on any atom is -0.383 e. The number of aromatic nitrogens is 1. The van der Waals surface area contributed by atoms with Crippen LogP contribution in [0, 0.1) is 17.0 Å². The van der Waals surface area contributed by atoms with E-state index >= 15 is 0 Å². The van der Waals surface area contributed by atoms with Gasteiger partial charge in [-0.1, -0.05) is 0 Å². The van der Waals surface area contributed by atoms with Crippen molar-refractivity contribution in [1.82, 2.24) is 4.98 Å². The minimum atomic E-state index is -0.423. The van der Waals surface area contributed by atoms with E-state index in [1.165, 1.54) is 7.11 Å². The van der Waals surface area contributed by atoms with Crippen molar-refractivity contribution in [3.05, 3.63) is 33.6 Å². The van der Waals surface area contributed by atoms with E-state index in [0.717, 1.165) is 0 Å². The molecule has 0 bridgehead atoms. The summed E-state index contributed by atoms with van der Waals surface area (Å²) in [4.78, 5) is 14.5. The molecule has 16 heavy (non-hydrogen) atoms. The summed E-state index contributed by atoms with van der Waals surface area (Å²) in [6.07, 6.45) is 1.88. The maximum atomic E-state index is 10.9. The molecule has 0 N–H and O–H groups in total. The lowest BCUT2D eigenvalue weighted by molar-refractivity contribution is -0.386. The van der Waals surface area contributed by atoms with Crippen LogP contribution in [0.15, 0.2) is 12.3 Å². The number of hydrogen-bond acceptors (Lipinski definition) is 4. The van der Waals surface area contributed by atoms with E-state index in [-0.39, 0.29) is 11.1 Å². The minimum absolute atomic E-state index is 0.0456. The third kappa shape index (κ3) is 3.15. The van der Waals surface area contributed by atoms with Gasteiger partial charge in [0.2, 0.25) is 0 Å². The number of nitrogens with zero attached hydrogens (tertiary/aromatic N) is 2. The molecule has 0 saturated carbocycles. The molecule has 0 spiro atoms. The normalized spacial score (nSPS) is 12.4. The molecule has 0 aliphatic heterocycles. The van der Waals surface area contributed by atoms with Crippen LogP contribution in [0.3, 0.4) is 0 Å². The number of pyridine rings is 1. The molecule has 0 amide bonds. The topological polar surface area (TPSA) is 65.3 Å². The predicted molar refractivity (Wildman–Crippen MR) is 60.8 cm³/mol. The van der Waals surface area contributed by atoms with Crippen LogP contribution in [-0.2, 0) is 11.2 Å². The highest BCUT2D eigenvalue weighted by atomic mass is 35.5. The Kier molecular flexibility index (Phi) is 4.64. The van der Waals surface area contributed by atoms with Crippen LogP contribution >= 0.6 is 11.6 Å². The average molecular weight is 245 g/mol. The Labute approximate surface area is 98.5 Å². The van der Waals surface area contributed by atoms with Crippen LogP contribution in [0.1, 0.15) is 11.3 Å². The van der Waals surface area contributed by atoms with Crippen molar-refractivity contribution in [2.24, 2.45) is 0 Å². The molecule has 0 aliphatic carbocycles. The fourth-order valence-corrected chi connectivity index (χ4v) is 1.73. The lowest BCUT2D eigenvalue weighted by Gasteiger charge is -2.08. The first-order valence-corrected chi connectivity index (χ1v) is 5.21.